The molecule has 21 heavy (non-hydrogen) atoms. The lowest BCUT2D eigenvalue weighted by Gasteiger charge is -2.06. The van der Waals surface area contributed by atoms with Crippen LogP contribution in [0.15, 0.2) is 39.3 Å². The maximum atomic E-state index is 6.24. The SMILES string of the molecule is CCc1ccc(-c2onc(N)c2-c2c(Cl)cccc2Cl)o1. The molecule has 3 rings (SSSR count). The van der Waals surface area contributed by atoms with Gasteiger partial charge in [0.2, 0.25) is 5.76 Å². The summed E-state index contributed by atoms with van der Waals surface area (Å²) in [6.45, 7) is 2.00. The predicted octanol–water partition coefficient (Wildman–Crippen LogP) is 5.05. The number of aryl methyl sites for hydroxylation is 1. The second-order valence-electron chi connectivity index (χ2n) is 4.49. The highest BCUT2D eigenvalue weighted by molar-refractivity contribution is 6.39. The fourth-order valence-corrected chi connectivity index (χ4v) is 2.73. The van der Waals surface area contributed by atoms with Crippen LogP contribution in [0.4, 0.5) is 5.82 Å². The number of nitrogen functional groups attached to an aromatic ring is 1. The molecule has 0 saturated carbocycles. The molecular weight excluding hydrogens is 311 g/mol. The van der Waals surface area contributed by atoms with Crippen molar-refractivity contribution in [2.24, 2.45) is 0 Å². The molecule has 6 heteroatoms. The van der Waals surface area contributed by atoms with E-state index in [9.17, 15) is 0 Å². The van der Waals surface area contributed by atoms with Crippen molar-refractivity contribution >= 4 is 29.0 Å². The van der Waals surface area contributed by atoms with Crippen molar-refractivity contribution in [1.29, 1.82) is 0 Å². The average molecular weight is 323 g/mol. The monoisotopic (exact) mass is 322 g/mol. The second kappa shape index (κ2) is 5.47. The molecular formula is C15H12Cl2N2O2. The molecule has 3 aromatic rings. The molecule has 0 aliphatic heterocycles. The summed E-state index contributed by atoms with van der Waals surface area (Å²) in [4.78, 5) is 0. The highest BCUT2D eigenvalue weighted by atomic mass is 35.5. The Balaban J connectivity index is 2.22. The number of halogens is 2. The first-order valence-electron chi connectivity index (χ1n) is 6.40. The van der Waals surface area contributed by atoms with E-state index in [-0.39, 0.29) is 5.82 Å². The van der Waals surface area contributed by atoms with Crippen LogP contribution in [0.1, 0.15) is 12.7 Å². The molecule has 108 valence electrons. The Labute approximate surface area is 131 Å². The lowest BCUT2D eigenvalue weighted by molar-refractivity contribution is 0.417. The molecule has 4 nitrogen and oxygen atoms in total. The lowest BCUT2D eigenvalue weighted by atomic mass is 10.0. The zero-order chi connectivity index (χ0) is 15.0. The molecule has 2 N–H and O–H groups in total. The molecule has 0 atom stereocenters. The van der Waals surface area contributed by atoms with E-state index in [2.05, 4.69) is 5.16 Å². The van der Waals surface area contributed by atoms with Crippen molar-refractivity contribution in [3.05, 3.63) is 46.1 Å². The molecule has 2 heterocycles. The normalized spacial score (nSPS) is 11.0. The first kappa shape index (κ1) is 14.0. The van der Waals surface area contributed by atoms with Gasteiger partial charge in [-0.25, -0.2) is 0 Å². The molecule has 0 spiro atoms. The van der Waals surface area contributed by atoms with Crippen molar-refractivity contribution < 1.29 is 8.94 Å². The minimum Gasteiger partial charge on any atom is -0.458 e. The minimum absolute atomic E-state index is 0.217. The van der Waals surface area contributed by atoms with E-state index in [1.54, 1.807) is 18.2 Å². The molecule has 0 radical (unpaired) electrons. The van der Waals surface area contributed by atoms with Gasteiger partial charge in [0.05, 0.1) is 15.6 Å². The number of benzene rings is 1. The van der Waals surface area contributed by atoms with E-state index in [1.165, 1.54) is 0 Å². The van der Waals surface area contributed by atoms with Gasteiger partial charge in [0.25, 0.3) is 0 Å². The number of hydrogen-bond acceptors (Lipinski definition) is 4. The van der Waals surface area contributed by atoms with Crippen molar-refractivity contribution in [2.75, 3.05) is 5.73 Å². The number of rotatable bonds is 3. The number of furan rings is 1. The summed E-state index contributed by atoms with van der Waals surface area (Å²) < 4.78 is 11.0. The highest BCUT2D eigenvalue weighted by Crippen LogP contribution is 2.43. The van der Waals surface area contributed by atoms with Gasteiger partial charge in [-0.3, -0.25) is 0 Å². The Morgan fingerprint density at radius 1 is 1.10 bits per heavy atom. The lowest BCUT2D eigenvalue weighted by Crippen LogP contribution is -1.90. The number of anilines is 1. The van der Waals surface area contributed by atoms with Crippen molar-refractivity contribution in [3.63, 3.8) is 0 Å². The number of aromatic nitrogens is 1. The standard InChI is InChI=1S/C15H12Cl2N2O2/c1-2-8-6-7-11(20-8)14-13(15(18)19-21-14)12-9(16)4-3-5-10(12)17/h3-7H,2H2,1H3,(H2,18,19). The first-order valence-corrected chi connectivity index (χ1v) is 7.16. The van der Waals surface area contributed by atoms with Crippen LogP contribution in [0.2, 0.25) is 10.0 Å². The van der Waals surface area contributed by atoms with E-state index < -0.39 is 0 Å². The topological polar surface area (TPSA) is 65.2 Å². The third kappa shape index (κ3) is 2.41. The van der Waals surface area contributed by atoms with Crippen molar-refractivity contribution in [3.8, 4) is 22.6 Å². The van der Waals surface area contributed by atoms with Crippen LogP contribution in [0.25, 0.3) is 22.6 Å². The summed E-state index contributed by atoms with van der Waals surface area (Å²) in [5.74, 6) is 2.02. The molecule has 0 aliphatic rings. The summed E-state index contributed by atoms with van der Waals surface area (Å²) in [7, 11) is 0. The van der Waals surface area contributed by atoms with Gasteiger partial charge in [-0.2, -0.15) is 0 Å². The fourth-order valence-electron chi connectivity index (χ4n) is 2.14. The Kier molecular flexibility index (Phi) is 3.66. The van der Waals surface area contributed by atoms with E-state index in [0.29, 0.717) is 32.7 Å². The minimum atomic E-state index is 0.217. The number of nitrogens with zero attached hydrogens (tertiary/aromatic N) is 1. The van der Waals surface area contributed by atoms with Crippen molar-refractivity contribution in [1.82, 2.24) is 5.16 Å². The van der Waals surface area contributed by atoms with Gasteiger partial charge >= 0.3 is 0 Å². The summed E-state index contributed by atoms with van der Waals surface area (Å²) in [6, 6.07) is 8.93. The predicted molar refractivity (Wildman–Crippen MR) is 83.5 cm³/mol. The molecule has 0 amide bonds. The number of nitrogens with two attached hydrogens (primary N) is 1. The molecule has 0 aliphatic carbocycles. The van der Waals surface area contributed by atoms with Crippen LogP contribution in [0.5, 0.6) is 0 Å². The Hall–Kier alpha value is -1.91. The average Bonchev–Trinajstić information content (AvgIpc) is 3.06. The van der Waals surface area contributed by atoms with E-state index in [4.69, 9.17) is 37.9 Å². The molecule has 0 unspecified atom stereocenters. The Morgan fingerprint density at radius 2 is 1.81 bits per heavy atom. The van der Waals surface area contributed by atoms with Gasteiger partial charge in [0.15, 0.2) is 11.6 Å². The van der Waals surface area contributed by atoms with Gasteiger partial charge in [-0.05, 0) is 24.3 Å². The molecule has 2 aromatic heterocycles. The van der Waals surface area contributed by atoms with Crippen LogP contribution in [0.3, 0.4) is 0 Å². The van der Waals surface area contributed by atoms with E-state index in [0.717, 1.165) is 12.2 Å². The molecule has 0 fully saturated rings. The maximum Gasteiger partial charge on any atom is 0.212 e. The zero-order valence-corrected chi connectivity index (χ0v) is 12.7. The summed E-state index contributed by atoms with van der Waals surface area (Å²) >= 11 is 12.5. The van der Waals surface area contributed by atoms with Gasteiger partial charge in [0.1, 0.15) is 5.76 Å². The van der Waals surface area contributed by atoms with Gasteiger partial charge < -0.3 is 14.7 Å². The zero-order valence-electron chi connectivity index (χ0n) is 11.2. The summed E-state index contributed by atoms with van der Waals surface area (Å²) in [6.07, 6.45) is 0.784. The largest absolute Gasteiger partial charge is 0.458 e. The van der Waals surface area contributed by atoms with E-state index >= 15 is 0 Å². The van der Waals surface area contributed by atoms with Crippen molar-refractivity contribution in [2.45, 2.75) is 13.3 Å². The third-order valence-corrected chi connectivity index (χ3v) is 3.80. The first-order chi connectivity index (χ1) is 10.1. The Bertz CT molecular complexity index is 773. The summed E-state index contributed by atoms with van der Waals surface area (Å²) in [5, 5.41) is 4.76. The van der Waals surface area contributed by atoms with Crippen LogP contribution in [-0.2, 0) is 6.42 Å². The quantitative estimate of drug-likeness (QED) is 0.732. The van der Waals surface area contributed by atoms with Gasteiger partial charge in [-0.15, -0.1) is 0 Å². The summed E-state index contributed by atoms with van der Waals surface area (Å²) in [5.41, 5.74) is 7.06. The van der Waals surface area contributed by atoms with Crippen LogP contribution in [-0.4, -0.2) is 5.16 Å². The molecule has 1 aromatic carbocycles. The maximum absolute atomic E-state index is 6.24. The van der Waals surface area contributed by atoms with Gasteiger partial charge in [-0.1, -0.05) is 41.3 Å². The van der Waals surface area contributed by atoms with Crippen LogP contribution in [0, 0.1) is 0 Å². The number of hydrogen-bond donors (Lipinski definition) is 1. The van der Waals surface area contributed by atoms with Crippen LogP contribution >= 0.6 is 23.2 Å². The molecule has 0 bridgehead atoms. The third-order valence-electron chi connectivity index (χ3n) is 3.17. The molecule has 0 saturated heterocycles. The van der Waals surface area contributed by atoms with Gasteiger partial charge in [0, 0.05) is 12.0 Å². The van der Waals surface area contributed by atoms with E-state index in [1.807, 2.05) is 19.1 Å². The fraction of sp³-hybridized carbons (Fsp3) is 0.133. The second-order valence-corrected chi connectivity index (χ2v) is 5.30. The van der Waals surface area contributed by atoms with Crippen LogP contribution < -0.4 is 5.73 Å². The Morgan fingerprint density at radius 3 is 2.43 bits per heavy atom. The smallest absolute Gasteiger partial charge is 0.212 e. The highest BCUT2D eigenvalue weighted by Gasteiger charge is 2.24.